The molecule has 0 aliphatic carbocycles. The Morgan fingerprint density at radius 3 is 2.23 bits per heavy atom. The standard InChI is InChI=1S/C20H21F3N2O5/c21-20(22,23)11-3-5-12(6-4-11)24-19(28)29-10-2-1-9-25-17(26)15-13-7-8-14(30-13)16(15)18(25)27/h3-6,13-16H,1-2,7-10H2,(H,24,28). The summed E-state index contributed by atoms with van der Waals surface area (Å²) in [6, 6.07) is 4.02. The molecule has 7 nitrogen and oxygen atoms in total. The number of halogens is 3. The summed E-state index contributed by atoms with van der Waals surface area (Å²) < 4.78 is 48.3. The summed E-state index contributed by atoms with van der Waals surface area (Å²) in [5.41, 5.74) is -0.624. The minimum atomic E-state index is -4.44. The number of alkyl halides is 3. The first kappa shape index (κ1) is 20.6. The van der Waals surface area contributed by atoms with E-state index in [2.05, 4.69) is 5.32 Å². The molecule has 0 radical (unpaired) electrons. The maximum absolute atomic E-state index is 12.5. The molecule has 30 heavy (non-hydrogen) atoms. The van der Waals surface area contributed by atoms with Crippen LogP contribution < -0.4 is 5.32 Å². The van der Waals surface area contributed by atoms with E-state index in [4.69, 9.17) is 9.47 Å². The van der Waals surface area contributed by atoms with E-state index in [1.807, 2.05) is 0 Å². The normalized spacial score (nSPS) is 27.5. The lowest BCUT2D eigenvalue weighted by atomic mass is 9.81. The first-order valence-corrected chi connectivity index (χ1v) is 9.87. The van der Waals surface area contributed by atoms with Crippen LogP contribution >= 0.6 is 0 Å². The van der Waals surface area contributed by atoms with Crippen LogP contribution in [0.2, 0.25) is 0 Å². The number of carbonyl (C=O) groups is 3. The van der Waals surface area contributed by atoms with E-state index in [0.29, 0.717) is 12.8 Å². The van der Waals surface area contributed by atoms with E-state index < -0.39 is 17.8 Å². The average Bonchev–Trinajstić information content (AvgIpc) is 3.37. The molecule has 0 spiro atoms. The maximum atomic E-state index is 12.5. The largest absolute Gasteiger partial charge is 0.449 e. The second-order valence-corrected chi connectivity index (χ2v) is 7.71. The van der Waals surface area contributed by atoms with Crippen molar-refractivity contribution >= 4 is 23.6 Å². The molecule has 4 unspecified atom stereocenters. The zero-order valence-electron chi connectivity index (χ0n) is 16.0. The lowest BCUT2D eigenvalue weighted by Gasteiger charge is -2.17. The number of anilines is 1. The van der Waals surface area contributed by atoms with Gasteiger partial charge in [-0.05, 0) is 49.9 Å². The Labute approximate surface area is 170 Å². The third kappa shape index (κ3) is 3.88. The fourth-order valence-electron chi connectivity index (χ4n) is 4.43. The van der Waals surface area contributed by atoms with Gasteiger partial charge in [0, 0.05) is 12.2 Å². The van der Waals surface area contributed by atoms with Crippen LogP contribution in [0.4, 0.5) is 23.7 Å². The van der Waals surface area contributed by atoms with E-state index in [0.717, 1.165) is 37.1 Å². The number of rotatable bonds is 6. The Hall–Kier alpha value is -2.62. The van der Waals surface area contributed by atoms with Crippen LogP contribution in [0, 0.1) is 11.8 Å². The van der Waals surface area contributed by atoms with Crippen LogP contribution in [0.15, 0.2) is 24.3 Å². The highest BCUT2D eigenvalue weighted by Crippen LogP contribution is 2.48. The van der Waals surface area contributed by atoms with Crippen molar-refractivity contribution in [2.75, 3.05) is 18.5 Å². The molecule has 1 aromatic carbocycles. The Bertz CT molecular complexity index is 814. The number of hydrogen-bond donors (Lipinski definition) is 1. The Morgan fingerprint density at radius 1 is 1.07 bits per heavy atom. The van der Waals surface area contributed by atoms with Gasteiger partial charge in [-0.2, -0.15) is 13.2 Å². The SMILES string of the molecule is O=C(Nc1ccc(C(F)(F)F)cc1)OCCCCN1C(=O)C2C3CCC(O3)C2C1=O. The molecule has 4 atom stereocenters. The topological polar surface area (TPSA) is 84.9 Å². The fraction of sp³-hybridized carbons (Fsp3) is 0.550. The van der Waals surface area contributed by atoms with E-state index in [1.165, 1.54) is 4.90 Å². The van der Waals surface area contributed by atoms with Crippen molar-refractivity contribution in [1.29, 1.82) is 0 Å². The zero-order valence-corrected chi connectivity index (χ0v) is 16.0. The molecular weight excluding hydrogens is 405 g/mol. The number of hydrogen-bond acceptors (Lipinski definition) is 5. The van der Waals surface area contributed by atoms with Gasteiger partial charge in [0.05, 0.1) is 36.2 Å². The zero-order chi connectivity index (χ0) is 21.5. The van der Waals surface area contributed by atoms with Crippen molar-refractivity contribution in [3.05, 3.63) is 29.8 Å². The summed E-state index contributed by atoms with van der Waals surface area (Å²) in [6.07, 6.45) is -2.94. The van der Waals surface area contributed by atoms with Crippen LogP contribution in [0.25, 0.3) is 0 Å². The van der Waals surface area contributed by atoms with E-state index in [9.17, 15) is 27.6 Å². The number of nitrogens with one attached hydrogen (secondary N) is 1. The molecule has 3 amide bonds. The number of imide groups is 1. The first-order chi connectivity index (χ1) is 14.3. The van der Waals surface area contributed by atoms with Crippen molar-refractivity contribution in [1.82, 2.24) is 4.90 Å². The van der Waals surface area contributed by atoms with E-state index in [1.54, 1.807) is 0 Å². The highest BCUT2D eigenvalue weighted by molar-refractivity contribution is 6.06. The van der Waals surface area contributed by atoms with Gasteiger partial charge in [-0.25, -0.2) is 4.79 Å². The van der Waals surface area contributed by atoms with Gasteiger partial charge in [-0.15, -0.1) is 0 Å². The molecule has 2 bridgehead atoms. The lowest BCUT2D eigenvalue weighted by molar-refractivity contribution is -0.142. The fourth-order valence-corrected chi connectivity index (χ4v) is 4.43. The highest BCUT2D eigenvalue weighted by Gasteiger charge is 2.62. The number of amides is 3. The quantitative estimate of drug-likeness (QED) is 0.558. The average molecular weight is 426 g/mol. The molecule has 10 heteroatoms. The number of ether oxygens (including phenoxy) is 2. The van der Waals surface area contributed by atoms with Gasteiger partial charge >= 0.3 is 12.3 Å². The molecule has 1 aromatic rings. The van der Waals surface area contributed by atoms with Gasteiger partial charge in [-0.3, -0.25) is 19.8 Å². The van der Waals surface area contributed by atoms with E-state index >= 15 is 0 Å². The van der Waals surface area contributed by atoms with Gasteiger partial charge in [0.25, 0.3) is 0 Å². The molecule has 4 rings (SSSR count). The Balaban J connectivity index is 1.17. The first-order valence-electron chi connectivity index (χ1n) is 9.87. The number of fused-ring (bicyclic) bond motifs is 5. The molecule has 3 saturated heterocycles. The summed E-state index contributed by atoms with van der Waals surface area (Å²) in [6.45, 7) is 0.331. The third-order valence-electron chi connectivity index (χ3n) is 5.84. The van der Waals surface area contributed by atoms with Gasteiger partial charge < -0.3 is 9.47 Å². The Morgan fingerprint density at radius 2 is 1.67 bits per heavy atom. The second-order valence-electron chi connectivity index (χ2n) is 7.71. The molecule has 162 valence electrons. The predicted molar refractivity (Wildman–Crippen MR) is 97.2 cm³/mol. The number of unbranched alkanes of at least 4 members (excludes halogenated alkanes) is 1. The monoisotopic (exact) mass is 426 g/mol. The maximum Gasteiger partial charge on any atom is 0.416 e. The molecule has 3 heterocycles. The van der Waals surface area contributed by atoms with Gasteiger partial charge in [0.15, 0.2) is 0 Å². The van der Waals surface area contributed by atoms with Gasteiger partial charge in [-0.1, -0.05) is 0 Å². The number of benzene rings is 1. The number of carbonyl (C=O) groups excluding carboxylic acids is 3. The van der Waals surface area contributed by atoms with Crippen molar-refractivity contribution in [3.63, 3.8) is 0 Å². The van der Waals surface area contributed by atoms with Gasteiger partial charge in [0.2, 0.25) is 11.8 Å². The minimum absolute atomic E-state index is 0.0594. The smallest absolute Gasteiger partial charge is 0.416 e. The summed E-state index contributed by atoms with van der Waals surface area (Å²) in [4.78, 5) is 38.1. The molecule has 0 saturated carbocycles. The van der Waals surface area contributed by atoms with E-state index in [-0.39, 0.29) is 54.7 Å². The van der Waals surface area contributed by atoms with Crippen molar-refractivity contribution < 1.29 is 37.0 Å². The molecule has 0 aromatic heterocycles. The summed E-state index contributed by atoms with van der Waals surface area (Å²) in [5, 5.41) is 2.35. The van der Waals surface area contributed by atoms with Crippen LogP contribution in [0.1, 0.15) is 31.2 Å². The molecular formula is C20H21F3N2O5. The molecule has 3 aliphatic heterocycles. The van der Waals surface area contributed by atoms with Crippen LogP contribution in [-0.2, 0) is 25.2 Å². The predicted octanol–water partition coefficient (Wildman–Crippen LogP) is 3.20. The summed E-state index contributed by atoms with van der Waals surface area (Å²) in [7, 11) is 0. The number of likely N-dealkylation sites (tertiary alicyclic amines) is 1. The summed E-state index contributed by atoms with van der Waals surface area (Å²) in [5.74, 6) is -1.03. The van der Waals surface area contributed by atoms with Crippen LogP contribution in [0.3, 0.4) is 0 Å². The Kier molecular flexibility index (Phi) is 5.44. The highest BCUT2D eigenvalue weighted by atomic mass is 19.4. The molecule has 3 aliphatic rings. The third-order valence-corrected chi connectivity index (χ3v) is 5.84. The molecule has 1 N–H and O–H groups in total. The number of nitrogens with zero attached hydrogens (tertiary/aromatic N) is 1. The summed E-state index contributed by atoms with van der Waals surface area (Å²) >= 11 is 0. The minimum Gasteiger partial charge on any atom is -0.449 e. The molecule has 3 fully saturated rings. The second kappa shape index (κ2) is 7.90. The lowest BCUT2D eigenvalue weighted by Crippen LogP contribution is -2.35. The van der Waals surface area contributed by atoms with Crippen molar-refractivity contribution in [2.24, 2.45) is 11.8 Å². The van der Waals surface area contributed by atoms with Crippen LogP contribution in [-0.4, -0.2) is 48.2 Å². The van der Waals surface area contributed by atoms with Crippen molar-refractivity contribution in [3.8, 4) is 0 Å². The van der Waals surface area contributed by atoms with Gasteiger partial charge in [0.1, 0.15) is 0 Å². The van der Waals surface area contributed by atoms with Crippen molar-refractivity contribution in [2.45, 2.75) is 44.1 Å². The van der Waals surface area contributed by atoms with Crippen LogP contribution in [0.5, 0.6) is 0 Å².